The number of ketones is 1. The monoisotopic (exact) mass is 273 g/mol. The van der Waals surface area contributed by atoms with Gasteiger partial charge in [0.05, 0.1) is 6.54 Å². The number of nitrogens with zero attached hydrogens (tertiary/aromatic N) is 2. The predicted molar refractivity (Wildman–Crippen MR) is 81.7 cm³/mol. The van der Waals surface area contributed by atoms with Crippen LogP contribution in [0.25, 0.3) is 0 Å². The second-order valence-electron chi connectivity index (χ2n) is 5.82. The maximum Gasteiger partial charge on any atom is 0.176 e. The Morgan fingerprint density at radius 3 is 2.85 bits per heavy atom. The largest absolute Gasteiger partial charge is 0.374 e. The number of Topliss-reactive ketones (excluding diaryl/α,β-unsaturated/α-hetero) is 1. The highest BCUT2D eigenvalue weighted by Crippen LogP contribution is 2.27. The number of carbonyl (C=O) groups is 1. The van der Waals surface area contributed by atoms with Crippen molar-refractivity contribution in [2.75, 3.05) is 51.2 Å². The van der Waals surface area contributed by atoms with E-state index in [1.807, 2.05) is 6.07 Å². The molecule has 4 heteroatoms. The second-order valence-corrected chi connectivity index (χ2v) is 5.82. The summed E-state index contributed by atoms with van der Waals surface area (Å²) in [6.07, 6.45) is 2.34. The molecule has 0 saturated carbocycles. The van der Waals surface area contributed by atoms with Gasteiger partial charge in [-0.2, -0.15) is 0 Å². The van der Waals surface area contributed by atoms with Gasteiger partial charge in [-0.15, -0.1) is 0 Å². The second kappa shape index (κ2) is 5.94. The van der Waals surface area contributed by atoms with Crippen LogP contribution in [0.15, 0.2) is 18.2 Å². The average molecular weight is 273 g/mol. The van der Waals surface area contributed by atoms with E-state index in [0.29, 0.717) is 6.54 Å². The molecular weight excluding hydrogens is 250 g/mol. The highest BCUT2D eigenvalue weighted by molar-refractivity contribution is 5.98. The number of rotatable bonds is 3. The van der Waals surface area contributed by atoms with Crippen LogP contribution in [0.5, 0.6) is 0 Å². The predicted octanol–water partition coefficient (Wildman–Crippen LogP) is 1.16. The molecule has 0 unspecified atom stereocenters. The molecule has 1 N–H and O–H groups in total. The first-order valence-electron chi connectivity index (χ1n) is 7.54. The molecule has 0 radical (unpaired) electrons. The highest BCUT2D eigenvalue weighted by Gasteiger charge is 2.18. The molecule has 1 fully saturated rings. The van der Waals surface area contributed by atoms with Crippen molar-refractivity contribution in [3.8, 4) is 0 Å². The van der Waals surface area contributed by atoms with Gasteiger partial charge in [0, 0.05) is 51.0 Å². The number of hydrogen-bond acceptors (Lipinski definition) is 4. The molecule has 0 spiro atoms. The highest BCUT2D eigenvalue weighted by atomic mass is 16.1. The quantitative estimate of drug-likeness (QED) is 0.838. The van der Waals surface area contributed by atoms with Crippen molar-refractivity contribution in [1.29, 1.82) is 0 Å². The Kier molecular flexibility index (Phi) is 4.03. The van der Waals surface area contributed by atoms with Crippen LogP contribution in [0.3, 0.4) is 0 Å². The number of carbonyl (C=O) groups excluding carboxylic acids is 1. The molecule has 1 saturated heterocycles. The first-order valence-corrected chi connectivity index (χ1v) is 7.54. The Morgan fingerprint density at radius 1 is 1.25 bits per heavy atom. The molecular formula is C16H23N3O. The van der Waals surface area contributed by atoms with Crippen molar-refractivity contribution in [2.45, 2.75) is 12.8 Å². The van der Waals surface area contributed by atoms with Crippen LogP contribution in [0, 0.1) is 0 Å². The Balaban J connectivity index is 1.73. The van der Waals surface area contributed by atoms with Crippen molar-refractivity contribution >= 4 is 11.5 Å². The molecule has 108 valence electrons. The normalized spacial score (nSPS) is 19.8. The number of benzene rings is 1. The Labute approximate surface area is 120 Å². The van der Waals surface area contributed by atoms with Gasteiger partial charge in [0.1, 0.15) is 0 Å². The van der Waals surface area contributed by atoms with Crippen LogP contribution in [-0.4, -0.2) is 57.0 Å². The summed E-state index contributed by atoms with van der Waals surface area (Å²) in [5, 5.41) is 3.31. The fourth-order valence-electron chi connectivity index (χ4n) is 3.09. The molecule has 2 aliphatic rings. The molecule has 4 nitrogen and oxygen atoms in total. The van der Waals surface area contributed by atoms with Crippen molar-refractivity contribution in [3.05, 3.63) is 29.3 Å². The molecule has 0 atom stereocenters. The summed E-state index contributed by atoms with van der Waals surface area (Å²) in [6.45, 7) is 5.54. The number of aryl methyl sites for hydroxylation is 1. The summed E-state index contributed by atoms with van der Waals surface area (Å²) in [7, 11) is 2.11. The van der Waals surface area contributed by atoms with Gasteiger partial charge in [0.25, 0.3) is 0 Å². The topological polar surface area (TPSA) is 35.6 Å². The minimum Gasteiger partial charge on any atom is -0.374 e. The van der Waals surface area contributed by atoms with Crippen molar-refractivity contribution in [2.24, 2.45) is 0 Å². The fraction of sp³-hybridized carbons (Fsp3) is 0.562. The molecule has 20 heavy (non-hydrogen) atoms. The van der Waals surface area contributed by atoms with Gasteiger partial charge < -0.3 is 10.2 Å². The van der Waals surface area contributed by atoms with Crippen molar-refractivity contribution in [1.82, 2.24) is 10.2 Å². The summed E-state index contributed by atoms with van der Waals surface area (Å²) in [5.74, 6) is 0.244. The van der Waals surface area contributed by atoms with Crippen LogP contribution >= 0.6 is 0 Å². The first-order chi connectivity index (χ1) is 9.74. The van der Waals surface area contributed by atoms with Gasteiger partial charge in [-0.25, -0.2) is 0 Å². The van der Waals surface area contributed by atoms with Crippen molar-refractivity contribution < 1.29 is 4.79 Å². The van der Waals surface area contributed by atoms with E-state index >= 15 is 0 Å². The standard InChI is InChI=1S/C16H23N3O/c1-18-8-2-3-13-4-5-14(11-15(13)18)16(20)12-19-9-6-17-7-10-19/h4-5,11,17H,2-3,6-10,12H2,1H3. The lowest BCUT2D eigenvalue weighted by atomic mass is 9.98. The summed E-state index contributed by atoms with van der Waals surface area (Å²) in [6, 6.07) is 6.22. The van der Waals surface area contributed by atoms with Crippen LogP contribution in [0.4, 0.5) is 5.69 Å². The molecule has 2 aliphatic heterocycles. The lowest BCUT2D eigenvalue weighted by Crippen LogP contribution is -2.45. The van der Waals surface area contributed by atoms with E-state index in [1.54, 1.807) is 0 Å². The molecule has 0 bridgehead atoms. The minimum atomic E-state index is 0.244. The third-order valence-electron chi connectivity index (χ3n) is 4.33. The summed E-state index contributed by atoms with van der Waals surface area (Å²) in [4.78, 5) is 16.9. The average Bonchev–Trinajstić information content (AvgIpc) is 2.48. The molecule has 0 amide bonds. The maximum atomic E-state index is 12.4. The number of piperazine rings is 1. The minimum absolute atomic E-state index is 0.244. The third-order valence-corrected chi connectivity index (χ3v) is 4.33. The third kappa shape index (κ3) is 2.86. The summed E-state index contributed by atoms with van der Waals surface area (Å²) < 4.78 is 0. The van der Waals surface area contributed by atoms with E-state index in [1.165, 1.54) is 17.7 Å². The maximum absolute atomic E-state index is 12.4. The van der Waals surface area contributed by atoms with Crippen LogP contribution in [0.1, 0.15) is 22.3 Å². The zero-order valence-corrected chi connectivity index (χ0v) is 12.2. The molecule has 3 rings (SSSR count). The summed E-state index contributed by atoms with van der Waals surface area (Å²) >= 11 is 0. The number of anilines is 1. The first kappa shape index (κ1) is 13.6. The smallest absolute Gasteiger partial charge is 0.176 e. The number of nitrogens with one attached hydrogen (secondary N) is 1. The lowest BCUT2D eigenvalue weighted by Gasteiger charge is -2.29. The van der Waals surface area contributed by atoms with Gasteiger partial charge in [0.15, 0.2) is 5.78 Å². The SMILES string of the molecule is CN1CCCc2ccc(C(=O)CN3CCNCC3)cc21. The molecule has 1 aromatic carbocycles. The van der Waals surface area contributed by atoms with E-state index < -0.39 is 0 Å². The Bertz CT molecular complexity index is 494. The van der Waals surface area contributed by atoms with Gasteiger partial charge >= 0.3 is 0 Å². The Morgan fingerprint density at radius 2 is 2.05 bits per heavy atom. The zero-order valence-electron chi connectivity index (χ0n) is 12.2. The zero-order chi connectivity index (χ0) is 13.9. The molecule has 2 heterocycles. The van der Waals surface area contributed by atoms with E-state index in [2.05, 4.69) is 34.3 Å². The van der Waals surface area contributed by atoms with Gasteiger partial charge in [-0.3, -0.25) is 9.69 Å². The number of hydrogen-bond donors (Lipinski definition) is 1. The van der Waals surface area contributed by atoms with Gasteiger partial charge in [0.2, 0.25) is 0 Å². The van der Waals surface area contributed by atoms with E-state index in [0.717, 1.165) is 44.7 Å². The van der Waals surface area contributed by atoms with Gasteiger partial charge in [-0.05, 0) is 24.5 Å². The van der Waals surface area contributed by atoms with Crippen LogP contribution in [0.2, 0.25) is 0 Å². The van der Waals surface area contributed by atoms with E-state index in [4.69, 9.17) is 0 Å². The lowest BCUT2D eigenvalue weighted by molar-refractivity contribution is 0.0921. The molecule has 1 aromatic rings. The van der Waals surface area contributed by atoms with E-state index in [-0.39, 0.29) is 5.78 Å². The van der Waals surface area contributed by atoms with Crippen molar-refractivity contribution in [3.63, 3.8) is 0 Å². The van der Waals surface area contributed by atoms with Crippen LogP contribution < -0.4 is 10.2 Å². The van der Waals surface area contributed by atoms with Crippen LogP contribution in [-0.2, 0) is 6.42 Å². The molecule has 0 aromatic heterocycles. The van der Waals surface area contributed by atoms with E-state index in [9.17, 15) is 4.79 Å². The fourth-order valence-corrected chi connectivity index (χ4v) is 3.09. The molecule has 0 aliphatic carbocycles. The van der Waals surface area contributed by atoms with Gasteiger partial charge in [-0.1, -0.05) is 12.1 Å². The number of fused-ring (bicyclic) bond motifs is 1. The summed E-state index contributed by atoms with van der Waals surface area (Å²) in [5.41, 5.74) is 3.47. The Hall–Kier alpha value is -1.39.